The van der Waals surface area contributed by atoms with Gasteiger partial charge in [-0.15, -0.1) is 0 Å². The number of benzene rings is 1. The van der Waals surface area contributed by atoms with Crippen molar-refractivity contribution in [2.75, 3.05) is 5.73 Å². The molecule has 0 spiro atoms. The summed E-state index contributed by atoms with van der Waals surface area (Å²) in [6, 6.07) is 3.40. The molecule has 1 aliphatic rings. The molecule has 0 amide bonds. The molecule has 0 fully saturated rings. The van der Waals surface area contributed by atoms with E-state index in [1.807, 2.05) is 6.08 Å². The summed E-state index contributed by atoms with van der Waals surface area (Å²) in [5, 5.41) is 9.49. The van der Waals surface area contributed by atoms with Crippen molar-refractivity contribution < 1.29 is 5.11 Å². The molecule has 3 N–H and O–H groups in total. The molecule has 0 saturated heterocycles. The third-order valence-electron chi connectivity index (χ3n) is 2.21. The van der Waals surface area contributed by atoms with Crippen molar-refractivity contribution in [1.82, 2.24) is 0 Å². The van der Waals surface area contributed by atoms with Crippen molar-refractivity contribution in [1.29, 1.82) is 0 Å². The molecule has 1 aliphatic carbocycles. The number of phenolic OH excluding ortho intramolecular Hbond substituents is 1. The van der Waals surface area contributed by atoms with Crippen molar-refractivity contribution in [3.63, 3.8) is 0 Å². The standard InChI is InChI=1S/C10H11NO/c11-9-5-6-10(12)8-4-2-1-3-7(8)9/h1,3,5-6,12H,2,4,11H2. The van der Waals surface area contributed by atoms with Gasteiger partial charge in [-0.2, -0.15) is 0 Å². The Labute approximate surface area is 71.3 Å². The molecule has 0 aromatic heterocycles. The zero-order valence-electron chi connectivity index (χ0n) is 6.75. The summed E-state index contributed by atoms with van der Waals surface area (Å²) in [4.78, 5) is 0. The van der Waals surface area contributed by atoms with E-state index >= 15 is 0 Å². The van der Waals surface area contributed by atoms with Crippen molar-refractivity contribution in [2.45, 2.75) is 12.8 Å². The molecule has 12 heavy (non-hydrogen) atoms. The largest absolute Gasteiger partial charge is 0.508 e. The highest BCUT2D eigenvalue weighted by Gasteiger charge is 2.10. The number of hydrogen-bond acceptors (Lipinski definition) is 2. The molecule has 0 bridgehead atoms. The fourth-order valence-corrected chi connectivity index (χ4v) is 1.56. The maximum Gasteiger partial charge on any atom is 0.119 e. The maximum absolute atomic E-state index is 9.49. The normalized spacial score (nSPS) is 14.3. The third kappa shape index (κ3) is 0.961. The van der Waals surface area contributed by atoms with Crippen molar-refractivity contribution in [3.8, 4) is 5.75 Å². The molecule has 2 rings (SSSR count). The second-order valence-electron chi connectivity index (χ2n) is 3.01. The van der Waals surface area contributed by atoms with E-state index in [0.717, 1.165) is 29.7 Å². The Morgan fingerprint density at radius 2 is 2.17 bits per heavy atom. The van der Waals surface area contributed by atoms with Gasteiger partial charge in [-0.1, -0.05) is 12.2 Å². The summed E-state index contributed by atoms with van der Waals surface area (Å²) in [5.74, 6) is 0.364. The number of nitrogens with two attached hydrogens (primary N) is 1. The molecule has 0 radical (unpaired) electrons. The summed E-state index contributed by atoms with van der Waals surface area (Å²) in [6.07, 6.45) is 5.94. The molecule has 2 heteroatoms. The van der Waals surface area contributed by atoms with E-state index < -0.39 is 0 Å². The van der Waals surface area contributed by atoms with Crippen molar-refractivity contribution >= 4 is 11.8 Å². The van der Waals surface area contributed by atoms with E-state index in [0.29, 0.717) is 5.75 Å². The van der Waals surface area contributed by atoms with Crippen LogP contribution in [0.3, 0.4) is 0 Å². The molecule has 62 valence electrons. The van der Waals surface area contributed by atoms with Crippen LogP contribution in [0.4, 0.5) is 5.69 Å². The van der Waals surface area contributed by atoms with E-state index in [4.69, 9.17) is 5.73 Å². The summed E-state index contributed by atoms with van der Waals surface area (Å²) in [5.41, 5.74) is 8.47. The van der Waals surface area contributed by atoms with E-state index in [9.17, 15) is 5.11 Å². The number of anilines is 1. The van der Waals surface area contributed by atoms with Crippen LogP contribution in [0, 0.1) is 0 Å². The van der Waals surface area contributed by atoms with Crippen LogP contribution in [-0.4, -0.2) is 5.11 Å². The number of aromatic hydroxyl groups is 1. The van der Waals surface area contributed by atoms with Crippen LogP contribution in [0.25, 0.3) is 6.08 Å². The predicted octanol–water partition coefficient (Wildman–Crippen LogP) is 1.93. The van der Waals surface area contributed by atoms with Gasteiger partial charge in [0.2, 0.25) is 0 Å². The first-order valence-electron chi connectivity index (χ1n) is 4.06. The molecule has 1 aromatic carbocycles. The minimum Gasteiger partial charge on any atom is -0.508 e. The minimum absolute atomic E-state index is 0.364. The average molecular weight is 161 g/mol. The molecule has 1 aromatic rings. The smallest absolute Gasteiger partial charge is 0.119 e. The lowest BCUT2D eigenvalue weighted by atomic mass is 9.95. The Morgan fingerprint density at radius 1 is 1.33 bits per heavy atom. The number of nitrogen functional groups attached to an aromatic ring is 1. The summed E-state index contributed by atoms with van der Waals surface area (Å²) in [6.45, 7) is 0. The summed E-state index contributed by atoms with van der Waals surface area (Å²) in [7, 11) is 0. The first kappa shape index (κ1) is 7.22. The molecular weight excluding hydrogens is 150 g/mol. The van der Waals surface area contributed by atoms with E-state index in [-0.39, 0.29) is 0 Å². The lowest BCUT2D eigenvalue weighted by Crippen LogP contribution is -1.99. The van der Waals surface area contributed by atoms with Gasteiger partial charge in [0, 0.05) is 16.8 Å². The Hall–Kier alpha value is -1.44. The van der Waals surface area contributed by atoms with E-state index in [2.05, 4.69) is 6.08 Å². The zero-order valence-corrected chi connectivity index (χ0v) is 6.75. The van der Waals surface area contributed by atoms with Gasteiger partial charge < -0.3 is 10.8 Å². The topological polar surface area (TPSA) is 46.2 Å². The molecule has 0 aliphatic heterocycles. The fourth-order valence-electron chi connectivity index (χ4n) is 1.56. The van der Waals surface area contributed by atoms with Crippen LogP contribution in [0.15, 0.2) is 18.2 Å². The zero-order chi connectivity index (χ0) is 8.55. The van der Waals surface area contributed by atoms with Gasteiger partial charge in [-0.05, 0) is 25.0 Å². The van der Waals surface area contributed by atoms with Crippen molar-refractivity contribution in [3.05, 3.63) is 29.3 Å². The number of allylic oxidation sites excluding steroid dienone is 1. The Balaban J connectivity index is 2.67. The van der Waals surface area contributed by atoms with Gasteiger partial charge in [-0.3, -0.25) is 0 Å². The van der Waals surface area contributed by atoms with Crippen LogP contribution in [0.5, 0.6) is 5.75 Å². The minimum atomic E-state index is 0.364. The molecule has 0 atom stereocenters. The highest BCUT2D eigenvalue weighted by molar-refractivity contribution is 5.71. The lowest BCUT2D eigenvalue weighted by molar-refractivity contribution is 0.468. The lowest BCUT2D eigenvalue weighted by Gasteiger charge is -2.13. The number of hydrogen-bond donors (Lipinski definition) is 2. The highest BCUT2D eigenvalue weighted by Crippen LogP contribution is 2.31. The quantitative estimate of drug-likeness (QED) is 0.451. The van der Waals surface area contributed by atoms with E-state index in [1.54, 1.807) is 12.1 Å². The second kappa shape index (κ2) is 2.55. The summed E-state index contributed by atoms with van der Waals surface area (Å²) >= 11 is 0. The third-order valence-corrected chi connectivity index (χ3v) is 2.21. The number of phenols is 1. The van der Waals surface area contributed by atoms with Gasteiger partial charge >= 0.3 is 0 Å². The van der Waals surface area contributed by atoms with Crippen molar-refractivity contribution in [2.24, 2.45) is 0 Å². The monoisotopic (exact) mass is 161 g/mol. The summed E-state index contributed by atoms with van der Waals surface area (Å²) < 4.78 is 0. The van der Waals surface area contributed by atoms with Crippen LogP contribution in [0.1, 0.15) is 17.5 Å². The Bertz CT molecular complexity index is 342. The molecule has 2 nitrogen and oxygen atoms in total. The first-order chi connectivity index (χ1) is 5.79. The van der Waals surface area contributed by atoms with Crippen LogP contribution in [-0.2, 0) is 6.42 Å². The van der Waals surface area contributed by atoms with Gasteiger partial charge in [-0.25, -0.2) is 0 Å². The fraction of sp³-hybridized carbons (Fsp3) is 0.200. The SMILES string of the molecule is Nc1ccc(O)c2c1C=CCC2. The van der Waals surface area contributed by atoms with Gasteiger partial charge in [0.1, 0.15) is 5.75 Å². The second-order valence-corrected chi connectivity index (χ2v) is 3.01. The first-order valence-corrected chi connectivity index (χ1v) is 4.06. The Morgan fingerprint density at radius 3 is 2.92 bits per heavy atom. The maximum atomic E-state index is 9.49. The van der Waals surface area contributed by atoms with Gasteiger partial charge in [0.25, 0.3) is 0 Å². The average Bonchev–Trinajstić information content (AvgIpc) is 2.12. The van der Waals surface area contributed by atoms with Gasteiger partial charge in [0.15, 0.2) is 0 Å². The predicted molar refractivity (Wildman–Crippen MR) is 49.9 cm³/mol. The van der Waals surface area contributed by atoms with Crippen LogP contribution in [0.2, 0.25) is 0 Å². The van der Waals surface area contributed by atoms with E-state index in [1.165, 1.54) is 0 Å². The Kier molecular flexibility index (Phi) is 1.54. The molecule has 0 unspecified atom stereocenters. The van der Waals surface area contributed by atoms with Gasteiger partial charge in [0.05, 0.1) is 0 Å². The molecule has 0 saturated carbocycles. The number of rotatable bonds is 0. The number of fused-ring (bicyclic) bond motifs is 1. The molecule has 0 heterocycles. The van der Waals surface area contributed by atoms with Crippen LogP contribution < -0.4 is 5.73 Å². The molecular formula is C10H11NO. The highest BCUT2D eigenvalue weighted by atomic mass is 16.3. The van der Waals surface area contributed by atoms with Crippen LogP contribution >= 0.6 is 0 Å².